The summed E-state index contributed by atoms with van der Waals surface area (Å²) in [6.07, 6.45) is 4.11. The van der Waals surface area contributed by atoms with Crippen molar-refractivity contribution in [3.63, 3.8) is 0 Å². The van der Waals surface area contributed by atoms with Gasteiger partial charge < -0.3 is 10.3 Å². The first-order chi connectivity index (χ1) is 9.42. The maximum absolute atomic E-state index is 12.1. The lowest BCUT2D eigenvalue weighted by molar-refractivity contribution is 0.342. The molecule has 1 aromatic heterocycles. The van der Waals surface area contributed by atoms with Gasteiger partial charge in [-0.05, 0) is 32.7 Å². The highest BCUT2D eigenvalue weighted by molar-refractivity contribution is 7.89. The first-order valence-electron chi connectivity index (χ1n) is 6.44. The first kappa shape index (κ1) is 14.9. The van der Waals surface area contributed by atoms with Crippen molar-refractivity contribution in [3.8, 4) is 0 Å². The largest absolute Gasteiger partial charge is 0.325 e. The average molecular weight is 302 g/mol. The standard InChI is InChI=1S/C11H18N4O4S/c1-12-7-2-4-8(5-3-7)15-20(18,19)9-6-13-11(17)14-10(9)16/h6-8,12,15H,2-5H2,1H3,(H2,13,14,16,17). The second-order valence-corrected chi connectivity index (χ2v) is 6.58. The van der Waals surface area contributed by atoms with Crippen LogP contribution in [0.25, 0.3) is 0 Å². The molecule has 1 aliphatic rings. The van der Waals surface area contributed by atoms with E-state index in [2.05, 4.69) is 15.0 Å². The minimum atomic E-state index is -3.92. The molecule has 9 heteroatoms. The molecule has 1 aliphatic carbocycles. The molecule has 0 saturated heterocycles. The van der Waals surface area contributed by atoms with Crippen molar-refractivity contribution in [2.24, 2.45) is 0 Å². The minimum absolute atomic E-state index is 0.184. The number of H-pyrrole nitrogens is 2. The Balaban J connectivity index is 2.12. The van der Waals surface area contributed by atoms with Crippen LogP contribution in [0.3, 0.4) is 0 Å². The van der Waals surface area contributed by atoms with E-state index in [1.807, 2.05) is 12.0 Å². The van der Waals surface area contributed by atoms with Gasteiger partial charge in [-0.15, -0.1) is 0 Å². The van der Waals surface area contributed by atoms with Crippen LogP contribution < -0.4 is 21.3 Å². The molecule has 20 heavy (non-hydrogen) atoms. The van der Waals surface area contributed by atoms with Crippen molar-refractivity contribution in [1.82, 2.24) is 20.0 Å². The maximum atomic E-state index is 12.1. The zero-order valence-electron chi connectivity index (χ0n) is 11.1. The van der Waals surface area contributed by atoms with Crippen LogP contribution >= 0.6 is 0 Å². The summed E-state index contributed by atoms with van der Waals surface area (Å²) in [6, 6.07) is 0.225. The van der Waals surface area contributed by atoms with Gasteiger partial charge in [0, 0.05) is 18.3 Å². The lowest BCUT2D eigenvalue weighted by Gasteiger charge is -2.28. The van der Waals surface area contributed by atoms with Crippen LogP contribution in [0.1, 0.15) is 25.7 Å². The number of aromatic nitrogens is 2. The van der Waals surface area contributed by atoms with E-state index >= 15 is 0 Å². The smallest absolute Gasteiger partial charge is 0.317 e. The predicted molar refractivity (Wildman–Crippen MR) is 73.1 cm³/mol. The Kier molecular flexibility index (Phi) is 4.41. The van der Waals surface area contributed by atoms with Crippen molar-refractivity contribution in [3.05, 3.63) is 27.0 Å². The molecule has 0 amide bonds. The molecule has 2 rings (SSSR count). The average Bonchev–Trinajstić information content (AvgIpc) is 2.38. The molecule has 0 spiro atoms. The number of hydrogen-bond acceptors (Lipinski definition) is 5. The van der Waals surface area contributed by atoms with Crippen molar-refractivity contribution in [2.75, 3.05) is 7.05 Å². The highest BCUT2D eigenvalue weighted by Gasteiger charge is 2.26. The second kappa shape index (κ2) is 5.90. The third-order valence-electron chi connectivity index (χ3n) is 3.53. The summed E-state index contributed by atoms with van der Waals surface area (Å²) in [5.74, 6) is 0. The third-order valence-corrected chi connectivity index (χ3v) is 5.06. The summed E-state index contributed by atoms with van der Waals surface area (Å²) in [6.45, 7) is 0. The van der Waals surface area contributed by atoms with Crippen LogP contribution in [0.2, 0.25) is 0 Å². The summed E-state index contributed by atoms with van der Waals surface area (Å²) in [5, 5.41) is 3.16. The molecule has 1 fully saturated rings. The Morgan fingerprint density at radius 3 is 2.30 bits per heavy atom. The van der Waals surface area contributed by atoms with Crippen molar-refractivity contribution in [1.29, 1.82) is 0 Å². The summed E-state index contributed by atoms with van der Waals surface area (Å²) < 4.78 is 26.7. The van der Waals surface area contributed by atoms with Crippen molar-refractivity contribution >= 4 is 10.0 Å². The fourth-order valence-corrected chi connectivity index (χ4v) is 3.69. The number of nitrogens with one attached hydrogen (secondary N) is 4. The topological polar surface area (TPSA) is 124 Å². The van der Waals surface area contributed by atoms with E-state index < -0.39 is 26.2 Å². The van der Waals surface area contributed by atoms with E-state index in [0.717, 1.165) is 19.0 Å². The molecule has 0 aromatic carbocycles. The molecule has 4 N–H and O–H groups in total. The minimum Gasteiger partial charge on any atom is -0.317 e. The summed E-state index contributed by atoms with van der Waals surface area (Å²) >= 11 is 0. The van der Waals surface area contributed by atoms with Crippen LogP contribution in [-0.4, -0.2) is 37.5 Å². The van der Waals surface area contributed by atoms with Crippen LogP contribution in [0.4, 0.5) is 0 Å². The van der Waals surface area contributed by atoms with Crippen LogP contribution in [0.5, 0.6) is 0 Å². The molecule has 0 atom stereocenters. The van der Waals surface area contributed by atoms with Gasteiger partial charge in [0.1, 0.15) is 0 Å². The Labute approximate surface area is 116 Å². The highest BCUT2D eigenvalue weighted by Crippen LogP contribution is 2.19. The maximum Gasteiger partial charge on any atom is 0.325 e. The van der Waals surface area contributed by atoms with E-state index in [1.165, 1.54) is 0 Å². The number of sulfonamides is 1. The molecule has 0 radical (unpaired) electrons. The third kappa shape index (κ3) is 3.35. The summed E-state index contributed by atoms with van der Waals surface area (Å²) in [7, 11) is -2.03. The molecule has 1 saturated carbocycles. The van der Waals surface area contributed by atoms with Gasteiger partial charge in [0.25, 0.3) is 5.56 Å². The molecule has 8 nitrogen and oxygen atoms in total. The number of aromatic amines is 2. The molecular formula is C11H18N4O4S. The number of hydrogen-bond donors (Lipinski definition) is 4. The Morgan fingerprint density at radius 2 is 1.75 bits per heavy atom. The number of rotatable bonds is 4. The lowest BCUT2D eigenvalue weighted by Crippen LogP contribution is -2.43. The molecule has 1 heterocycles. The van der Waals surface area contributed by atoms with Crippen LogP contribution in [-0.2, 0) is 10.0 Å². The fourth-order valence-electron chi connectivity index (χ4n) is 2.38. The Bertz CT molecular complexity index is 670. The first-order valence-corrected chi connectivity index (χ1v) is 7.92. The molecule has 112 valence electrons. The summed E-state index contributed by atoms with van der Waals surface area (Å²) in [4.78, 5) is 26.0. The highest BCUT2D eigenvalue weighted by atomic mass is 32.2. The van der Waals surface area contributed by atoms with Gasteiger partial charge in [0.15, 0.2) is 4.90 Å². The Hall–Kier alpha value is -1.45. The van der Waals surface area contributed by atoms with Gasteiger partial charge in [-0.2, -0.15) is 0 Å². The second-order valence-electron chi connectivity index (χ2n) is 4.89. The van der Waals surface area contributed by atoms with Crippen LogP contribution in [0, 0.1) is 0 Å². The van der Waals surface area contributed by atoms with E-state index in [1.54, 1.807) is 0 Å². The van der Waals surface area contributed by atoms with Crippen molar-refractivity contribution in [2.45, 2.75) is 42.7 Å². The van der Waals surface area contributed by atoms with E-state index in [4.69, 9.17) is 0 Å². The normalized spacial score (nSPS) is 23.6. The van der Waals surface area contributed by atoms with Crippen LogP contribution in [0.15, 0.2) is 20.7 Å². The molecular weight excluding hydrogens is 284 g/mol. The van der Waals surface area contributed by atoms with E-state index in [-0.39, 0.29) is 6.04 Å². The van der Waals surface area contributed by atoms with Crippen molar-refractivity contribution < 1.29 is 8.42 Å². The quantitative estimate of drug-likeness (QED) is 0.560. The summed E-state index contributed by atoms with van der Waals surface area (Å²) in [5.41, 5.74) is -1.64. The SMILES string of the molecule is CNC1CCC(NS(=O)(=O)c2c[nH]c(=O)[nH]c2=O)CC1. The van der Waals surface area contributed by atoms with E-state index in [9.17, 15) is 18.0 Å². The Morgan fingerprint density at radius 1 is 1.15 bits per heavy atom. The van der Waals surface area contributed by atoms with Gasteiger partial charge >= 0.3 is 5.69 Å². The lowest BCUT2D eigenvalue weighted by atomic mass is 9.92. The van der Waals surface area contributed by atoms with Gasteiger partial charge in [-0.25, -0.2) is 17.9 Å². The fraction of sp³-hybridized carbons (Fsp3) is 0.636. The predicted octanol–water partition coefficient (Wildman–Crippen LogP) is -1.13. The van der Waals surface area contributed by atoms with Gasteiger partial charge in [0.2, 0.25) is 10.0 Å². The van der Waals surface area contributed by atoms with Gasteiger partial charge in [0.05, 0.1) is 0 Å². The zero-order chi connectivity index (χ0) is 14.8. The van der Waals surface area contributed by atoms with Gasteiger partial charge in [-0.1, -0.05) is 0 Å². The van der Waals surface area contributed by atoms with Gasteiger partial charge in [-0.3, -0.25) is 9.78 Å². The van der Waals surface area contributed by atoms with E-state index in [0.29, 0.717) is 18.9 Å². The monoisotopic (exact) mass is 302 g/mol. The molecule has 0 aliphatic heterocycles. The zero-order valence-corrected chi connectivity index (χ0v) is 11.9. The molecule has 1 aromatic rings. The molecule has 0 bridgehead atoms. The molecule has 0 unspecified atom stereocenters.